The molecule has 4 aromatic rings. The molecule has 1 unspecified atom stereocenters. The Labute approximate surface area is 235 Å². The van der Waals surface area contributed by atoms with Crippen molar-refractivity contribution in [1.82, 2.24) is 10.2 Å². The summed E-state index contributed by atoms with van der Waals surface area (Å²) in [5.41, 5.74) is 5.90. The number of carbonyl (C=O) groups is 1. The van der Waals surface area contributed by atoms with Crippen LogP contribution in [0, 0.1) is 5.92 Å². The fraction of sp³-hybridized carbons (Fsp3) is 0.438. The van der Waals surface area contributed by atoms with Crippen LogP contribution in [-0.4, -0.2) is 35.4 Å². The van der Waals surface area contributed by atoms with Gasteiger partial charge in [0.05, 0.1) is 17.1 Å². The normalized spacial score (nSPS) is 15.1. The predicted octanol–water partition coefficient (Wildman–Crippen LogP) is 8.21. The second kappa shape index (κ2) is 13.3. The Morgan fingerprint density at radius 3 is 2.54 bits per heavy atom. The molecule has 0 spiro atoms. The van der Waals surface area contributed by atoms with E-state index in [2.05, 4.69) is 75.8 Å². The fourth-order valence-electron chi connectivity index (χ4n) is 5.34. The second-order valence-electron chi connectivity index (χ2n) is 11.1. The van der Waals surface area contributed by atoms with E-state index in [4.69, 9.17) is 4.74 Å². The van der Waals surface area contributed by atoms with Gasteiger partial charge >= 0.3 is 0 Å². The van der Waals surface area contributed by atoms with Gasteiger partial charge in [-0.1, -0.05) is 51.7 Å². The van der Waals surface area contributed by atoms with Gasteiger partial charge in [0.1, 0.15) is 0 Å². The number of aromatic amines is 1. The van der Waals surface area contributed by atoms with Crippen LogP contribution in [0.5, 0.6) is 0 Å². The van der Waals surface area contributed by atoms with Gasteiger partial charge in [-0.2, -0.15) is 16.4 Å². The molecule has 1 saturated heterocycles. The lowest BCUT2D eigenvalue weighted by Crippen LogP contribution is -2.27. The molecule has 3 N–H and O–H groups in total. The van der Waals surface area contributed by atoms with E-state index in [0.717, 1.165) is 83.9 Å². The number of benzene rings is 2. The first-order valence-corrected chi connectivity index (χ1v) is 15.3. The number of aromatic nitrogens is 2. The molecular weight excluding hydrogens is 504 g/mol. The van der Waals surface area contributed by atoms with Crippen molar-refractivity contribution in [1.29, 1.82) is 0 Å². The summed E-state index contributed by atoms with van der Waals surface area (Å²) >= 11 is 1.65. The average Bonchev–Trinajstić information content (AvgIpc) is 3.62. The van der Waals surface area contributed by atoms with E-state index in [1.54, 1.807) is 11.3 Å². The zero-order valence-electron chi connectivity index (χ0n) is 23.0. The number of rotatable bonds is 12. The number of carbonyl (C=O) groups excluding carboxylic acids is 1. The van der Waals surface area contributed by atoms with Crippen LogP contribution in [0.1, 0.15) is 70.3 Å². The Balaban J connectivity index is 1.27. The van der Waals surface area contributed by atoms with Crippen molar-refractivity contribution in [3.8, 4) is 11.3 Å². The van der Waals surface area contributed by atoms with Crippen molar-refractivity contribution < 1.29 is 9.53 Å². The summed E-state index contributed by atoms with van der Waals surface area (Å²) in [5.74, 6) is 0.658. The first kappa shape index (κ1) is 27.4. The maximum Gasteiger partial charge on any atom is 0.231 e. The van der Waals surface area contributed by atoms with Gasteiger partial charge < -0.3 is 15.4 Å². The van der Waals surface area contributed by atoms with Gasteiger partial charge in [-0.25, -0.2) is 0 Å². The molecule has 0 saturated carbocycles. The quantitative estimate of drug-likeness (QED) is 0.157. The van der Waals surface area contributed by atoms with Gasteiger partial charge in [-0.15, -0.1) is 0 Å². The van der Waals surface area contributed by atoms with Crippen molar-refractivity contribution in [3.05, 3.63) is 64.9 Å². The third-order valence-electron chi connectivity index (χ3n) is 7.62. The Kier molecular flexibility index (Phi) is 9.32. The Morgan fingerprint density at radius 2 is 1.79 bits per heavy atom. The molecule has 206 valence electrons. The number of unbranched alkanes of at least 4 members (excludes halogenated alkanes) is 2. The number of anilines is 2. The first-order chi connectivity index (χ1) is 19.1. The van der Waals surface area contributed by atoms with Crippen molar-refractivity contribution in [3.63, 3.8) is 0 Å². The number of H-pyrrole nitrogens is 1. The summed E-state index contributed by atoms with van der Waals surface area (Å²) in [7, 11) is 0. The minimum Gasteiger partial charge on any atom is -0.382 e. The zero-order valence-corrected chi connectivity index (χ0v) is 23.9. The molecular formula is C32H40N4O2S. The van der Waals surface area contributed by atoms with Gasteiger partial charge in [0, 0.05) is 41.6 Å². The maximum atomic E-state index is 13.5. The van der Waals surface area contributed by atoms with E-state index in [1.807, 2.05) is 18.2 Å². The number of thiophene rings is 1. The van der Waals surface area contributed by atoms with Crippen LogP contribution in [0.25, 0.3) is 22.2 Å². The van der Waals surface area contributed by atoms with Crippen LogP contribution in [0.2, 0.25) is 0 Å². The second-order valence-corrected chi connectivity index (χ2v) is 11.9. The Bertz CT molecular complexity index is 1320. The van der Waals surface area contributed by atoms with E-state index in [0.29, 0.717) is 6.04 Å². The number of ether oxygens (including phenoxy) is 1. The van der Waals surface area contributed by atoms with Crippen molar-refractivity contribution in [2.45, 2.75) is 70.8 Å². The molecule has 7 heteroatoms. The van der Waals surface area contributed by atoms with Crippen LogP contribution >= 0.6 is 11.3 Å². The summed E-state index contributed by atoms with van der Waals surface area (Å²) in [5, 5.41) is 19.7. The summed E-state index contributed by atoms with van der Waals surface area (Å²) < 4.78 is 5.47. The molecule has 2 aromatic heterocycles. The van der Waals surface area contributed by atoms with E-state index in [1.165, 1.54) is 19.3 Å². The van der Waals surface area contributed by atoms with Crippen LogP contribution < -0.4 is 10.6 Å². The molecule has 3 heterocycles. The summed E-state index contributed by atoms with van der Waals surface area (Å²) in [6.07, 6.45) is 7.63. The van der Waals surface area contributed by atoms with Crippen LogP contribution in [0.15, 0.2) is 59.3 Å². The first-order valence-electron chi connectivity index (χ1n) is 14.3. The highest BCUT2D eigenvalue weighted by Crippen LogP contribution is 2.31. The summed E-state index contributed by atoms with van der Waals surface area (Å²) in [4.78, 5) is 13.5. The largest absolute Gasteiger partial charge is 0.382 e. The molecule has 5 rings (SSSR count). The topological polar surface area (TPSA) is 79.0 Å². The highest BCUT2D eigenvalue weighted by molar-refractivity contribution is 7.08. The van der Waals surface area contributed by atoms with Crippen molar-refractivity contribution in [2.24, 2.45) is 5.92 Å². The lowest BCUT2D eigenvalue weighted by atomic mass is 9.93. The smallest absolute Gasteiger partial charge is 0.231 e. The molecule has 1 atom stereocenters. The van der Waals surface area contributed by atoms with Crippen LogP contribution in [-0.2, 0) is 9.53 Å². The lowest BCUT2D eigenvalue weighted by molar-refractivity contribution is -0.117. The Morgan fingerprint density at radius 1 is 1.03 bits per heavy atom. The molecule has 1 fully saturated rings. The summed E-state index contributed by atoms with van der Waals surface area (Å²) in [6.45, 7) is 6.18. The van der Waals surface area contributed by atoms with E-state index in [-0.39, 0.29) is 11.8 Å². The molecule has 1 aliphatic heterocycles. The number of nitrogens with zero attached hydrogens (tertiary/aromatic N) is 1. The minimum atomic E-state index is -0.134. The van der Waals surface area contributed by atoms with Gasteiger partial charge in [-0.05, 0) is 77.9 Å². The van der Waals surface area contributed by atoms with Gasteiger partial charge in [0.15, 0.2) is 0 Å². The Hall–Kier alpha value is -3.16. The number of hydrogen-bond donors (Lipinski definition) is 3. The lowest BCUT2D eigenvalue weighted by Gasteiger charge is -2.24. The number of nitrogens with one attached hydrogen (secondary N) is 3. The number of hydrogen-bond acceptors (Lipinski definition) is 5. The fourth-order valence-corrected chi connectivity index (χ4v) is 6.06. The molecule has 1 aliphatic rings. The molecule has 0 aliphatic carbocycles. The maximum absolute atomic E-state index is 13.5. The zero-order chi connectivity index (χ0) is 27.0. The predicted molar refractivity (Wildman–Crippen MR) is 163 cm³/mol. The molecule has 1 amide bonds. The van der Waals surface area contributed by atoms with Gasteiger partial charge in [0.25, 0.3) is 0 Å². The highest BCUT2D eigenvalue weighted by Gasteiger charge is 2.21. The van der Waals surface area contributed by atoms with E-state index >= 15 is 0 Å². The van der Waals surface area contributed by atoms with Crippen molar-refractivity contribution in [2.75, 3.05) is 23.8 Å². The van der Waals surface area contributed by atoms with Gasteiger partial charge in [-0.3, -0.25) is 9.89 Å². The molecule has 0 bridgehead atoms. The third-order valence-corrected chi connectivity index (χ3v) is 8.32. The van der Waals surface area contributed by atoms with Crippen LogP contribution in [0.4, 0.5) is 11.4 Å². The molecule has 2 aromatic carbocycles. The third kappa shape index (κ3) is 7.28. The molecule has 6 nitrogen and oxygen atoms in total. The highest BCUT2D eigenvalue weighted by atomic mass is 32.1. The summed E-state index contributed by atoms with van der Waals surface area (Å²) in [6, 6.07) is 17.0. The average molecular weight is 545 g/mol. The molecule has 39 heavy (non-hydrogen) atoms. The SMILES string of the molecule is CC(C)CCCCCC(C(=O)Nc1ccc2[nH]nc(-c3ccc(NC4CCOCC4)cc3)c2c1)c1ccsc1. The number of fused-ring (bicyclic) bond motifs is 1. The molecule has 0 radical (unpaired) electrons. The van der Waals surface area contributed by atoms with Crippen LogP contribution in [0.3, 0.4) is 0 Å². The monoisotopic (exact) mass is 544 g/mol. The van der Waals surface area contributed by atoms with Gasteiger partial charge in [0.2, 0.25) is 5.91 Å². The minimum absolute atomic E-state index is 0.0604. The van der Waals surface area contributed by atoms with E-state index < -0.39 is 0 Å². The number of amides is 1. The standard InChI is InChI=1S/C32H40N4O2S/c1-22(2)6-4-3-5-7-28(24-16-19-39-21-24)32(37)34-27-12-13-30-29(20-27)31(36-35-30)23-8-10-25(11-9-23)33-26-14-17-38-18-15-26/h8-13,16,19-22,26,28,33H,3-7,14-15,17-18H2,1-2H3,(H,34,37)(H,35,36). The van der Waals surface area contributed by atoms with E-state index in [9.17, 15) is 4.79 Å². The van der Waals surface area contributed by atoms with Crippen molar-refractivity contribution >= 4 is 39.5 Å².